The molecular formula is C16H17N3OS. The number of carbonyl (C=O) groups is 1. The number of carbonyl (C=O) groups excluding carboxylic acids is 1. The summed E-state index contributed by atoms with van der Waals surface area (Å²) in [5.74, 6) is -0.0706. The second kappa shape index (κ2) is 5.33. The molecule has 1 amide bonds. The molecule has 0 aliphatic rings. The van der Waals surface area contributed by atoms with Crippen LogP contribution in [-0.2, 0) is 13.6 Å². The van der Waals surface area contributed by atoms with Crippen molar-refractivity contribution in [2.45, 2.75) is 20.4 Å². The number of amides is 1. The van der Waals surface area contributed by atoms with Gasteiger partial charge in [-0.3, -0.25) is 4.79 Å². The van der Waals surface area contributed by atoms with Gasteiger partial charge in [0.1, 0.15) is 5.69 Å². The van der Waals surface area contributed by atoms with E-state index in [9.17, 15) is 4.79 Å². The molecule has 1 N–H and O–H groups in total. The van der Waals surface area contributed by atoms with Crippen LogP contribution in [0.5, 0.6) is 0 Å². The first-order chi connectivity index (χ1) is 10.1. The summed E-state index contributed by atoms with van der Waals surface area (Å²) in [6, 6.07) is 8.05. The lowest BCUT2D eigenvalue weighted by atomic mass is 10.1. The van der Waals surface area contributed by atoms with Crippen LogP contribution in [0.3, 0.4) is 0 Å². The van der Waals surface area contributed by atoms with E-state index in [0.717, 1.165) is 21.6 Å². The molecule has 5 heteroatoms. The van der Waals surface area contributed by atoms with E-state index in [0.29, 0.717) is 12.2 Å². The lowest BCUT2D eigenvalue weighted by Gasteiger charge is -2.05. The molecular weight excluding hydrogens is 282 g/mol. The Kier molecular flexibility index (Phi) is 3.51. The van der Waals surface area contributed by atoms with Crippen LogP contribution < -0.4 is 5.32 Å². The molecule has 2 aromatic heterocycles. The number of benzene rings is 1. The summed E-state index contributed by atoms with van der Waals surface area (Å²) in [6.45, 7) is 4.48. The Hall–Kier alpha value is -2.14. The van der Waals surface area contributed by atoms with Gasteiger partial charge in [-0.15, -0.1) is 11.3 Å². The fourth-order valence-corrected chi connectivity index (χ4v) is 3.09. The SMILES string of the molecule is Cc1nc(CNC(=O)c2cc3c(C)cccc3n2C)cs1. The van der Waals surface area contributed by atoms with Crippen LogP contribution in [-0.4, -0.2) is 15.5 Å². The van der Waals surface area contributed by atoms with Crippen molar-refractivity contribution in [2.75, 3.05) is 0 Å². The van der Waals surface area contributed by atoms with Crippen LogP contribution in [0.25, 0.3) is 10.9 Å². The van der Waals surface area contributed by atoms with Crippen molar-refractivity contribution in [1.82, 2.24) is 14.9 Å². The van der Waals surface area contributed by atoms with Crippen molar-refractivity contribution < 1.29 is 4.79 Å². The molecule has 0 radical (unpaired) electrons. The normalized spacial score (nSPS) is 11.0. The largest absolute Gasteiger partial charge is 0.345 e. The number of thiazole rings is 1. The van der Waals surface area contributed by atoms with E-state index in [1.54, 1.807) is 11.3 Å². The van der Waals surface area contributed by atoms with Gasteiger partial charge in [0.15, 0.2) is 0 Å². The highest BCUT2D eigenvalue weighted by atomic mass is 32.1. The molecule has 21 heavy (non-hydrogen) atoms. The molecule has 1 aromatic carbocycles. The Morgan fingerprint density at radius 3 is 2.86 bits per heavy atom. The minimum atomic E-state index is -0.0706. The summed E-state index contributed by atoms with van der Waals surface area (Å²) in [7, 11) is 1.92. The number of rotatable bonds is 3. The monoisotopic (exact) mass is 299 g/mol. The summed E-state index contributed by atoms with van der Waals surface area (Å²) < 4.78 is 1.93. The predicted octanol–water partition coefficient (Wildman–Crippen LogP) is 3.18. The van der Waals surface area contributed by atoms with Gasteiger partial charge < -0.3 is 9.88 Å². The Morgan fingerprint density at radius 1 is 1.38 bits per heavy atom. The van der Waals surface area contributed by atoms with Crippen molar-refractivity contribution in [2.24, 2.45) is 7.05 Å². The molecule has 0 aliphatic carbocycles. The van der Waals surface area contributed by atoms with E-state index < -0.39 is 0 Å². The van der Waals surface area contributed by atoms with Gasteiger partial charge >= 0.3 is 0 Å². The van der Waals surface area contributed by atoms with E-state index in [1.165, 1.54) is 5.56 Å². The number of hydrogen-bond acceptors (Lipinski definition) is 3. The molecule has 3 aromatic rings. The number of aryl methyl sites for hydroxylation is 3. The molecule has 0 spiro atoms. The zero-order chi connectivity index (χ0) is 15.0. The van der Waals surface area contributed by atoms with Crippen molar-refractivity contribution in [3.63, 3.8) is 0 Å². The summed E-state index contributed by atoms with van der Waals surface area (Å²) in [4.78, 5) is 16.7. The van der Waals surface area contributed by atoms with Crippen LogP contribution >= 0.6 is 11.3 Å². The molecule has 2 heterocycles. The summed E-state index contributed by atoms with van der Waals surface area (Å²) in [6.07, 6.45) is 0. The van der Waals surface area contributed by atoms with Crippen LogP contribution in [0.1, 0.15) is 26.8 Å². The van der Waals surface area contributed by atoms with Crippen molar-refractivity contribution >= 4 is 28.1 Å². The fraction of sp³-hybridized carbons (Fsp3) is 0.250. The van der Waals surface area contributed by atoms with Crippen LogP contribution in [0.4, 0.5) is 0 Å². The lowest BCUT2D eigenvalue weighted by Crippen LogP contribution is -2.24. The van der Waals surface area contributed by atoms with E-state index in [1.807, 2.05) is 42.1 Å². The molecule has 0 fully saturated rings. The Labute approximate surface area is 127 Å². The first-order valence-electron chi connectivity index (χ1n) is 6.80. The van der Waals surface area contributed by atoms with Crippen LogP contribution in [0.15, 0.2) is 29.6 Å². The molecule has 3 rings (SSSR count). The van der Waals surface area contributed by atoms with E-state index in [4.69, 9.17) is 0 Å². The first-order valence-corrected chi connectivity index (χ1v) is 7.68. The van der Waals surface area contributed by atoms with Crippen LogP contribution in [0, 0.1) is 13.8 Å². The topological polar surface area (TPSA) is 46.9 Å². The maximum Gasteiger partial charge on any atom is 0.268 e. The van der Waals surface area contributed by atoms with E-state index in [-0.39, 0.29) is 5.91 Å². The third-order valence-electron chi connectivity index (χ3n) is 3.63. The third kappa shape index (κ3) is 2.56. The van der Waals surface area contributed by atoms with Crippen molar-refractivity contribution in [1.29, 1.82) is 0 Å². The Morgan fingerprint density at radius 2 is 2.19 bits per heavy atom. The fourth-order valence-electron chi connectivity index (χ4n) is 2.48. The molecule has 0 aliphatic heterocycles. The molecule has 4 nitrogen and oxygen atoms in total. The summed E-state index contributed by atoms with van der Waals surface area (Å²) >= 11 is 1.59. The number of nitrogens with zero attached hydrogens (tertiary/aromatic N) is 2. The molecule has 0 atom stereocenters. The number of fused-ring (bicyclic) bond motifs is 1. The highest BCUT2D eigenvalue weighted by molar-refractivity contribution is 7.09. The average molecular weight is 299 g/mol. The summed E-state index contributed by atoms with van der Waals surface area (Å²) in [5, 5.41) is 7.04. The highest BCUT2D eigenvalue weighted by Gasteiger charge is 2.14. The van der Waals surface area contributed by atoms with Gasteiger partial charge in [0.2, 0.25) is 0 Å². The standard InChI is InChI=1S/C16H17N3OS/c1-10-5-4-6-14-13(10)7-15(19(14)3)16(20)17-8-12-9-21-11(2)18-12/h4-7,9H,8H2,1-3H3,(H,17,20). The number of nitrogens with one attached hydrogen (secondary N) is 1. The summed E-state index contributed by atoms with van der Waals surface area (Å²) in [5.41, 5.74) is 3.83. The van der Waals surface area contributed by atoms with Gasteiger partial charge in [-0.05, 0) is 31.5 Å². The van der Waals surface area contributed by atoms with Gasteiger partial charge in [-0.1, -0.05) is 12.1 Å². The molecule has 0 saturated heterocycles. The quantitative estimate of drug-likeness (QED) is 0.807. The third-order valence-corrected chi connectivity index (χ3v) is 4.46. The molecule has 0 saturated carbocycles. The highest BCUT2D eigenvalue weighted by Crippen LogP contribution is 2.22. The Bertz CT molecular complexity index is 816. The first kappa shape index (κ1) is 13.8. The second-order valence-electron chi connectivity index (χ2n) is 5.14. The number of aromatic nitrogens is 2. The zero-order valence-corrected chi connectivity index (χ0v) is 13.1. The maximum absolute atomic E-state index is 12.4. The van der Waals surface area contributed by atoms with Gasteiger partial charge in [-0.2, -0.15) is 0 Å². The average Bonchev–Trinajstić information content (AvgIpc) is 3.02. The minimum Gasteiger partial charge on any atom is -0.345 e. The lowest BCUT2D eigenvalue weighted by molar-refractivity contribution is 0.0942. The smallest absolute Gasteiger partial charge is 0.268 e. The van der Waals surface area contributed by atoms with E-state index >= 15 is 0 Å². The Balaban J connectivity index is 1.84. The van der Waals surface area contributed by atoms with Gasteiger partial charge in [0.05, 0.1) is 17.2 Å². The van der Waals surface area contributed by atoms with Crippen molar-refractivity contribution in [3.8, 4) is 0 Å². The maximum atomic E-state index is 12.4. The molecule has 0 unspecified atom stereocenters. The van der Waals surface area contributed by atoms with Crippen molar-refractivity contribution in [3.05, 3.63) is 51.6 Å². The minimum absolute atomic E-state index is 0.0706. The van der Waals surface area contributed by atoms with Gasteiger partial charge in [-0.25, -0.2) is 4.98 Å². The predicted molar refractivity (Wildman–Crippen MR) is 85.7 cm³/mol. The second-order valence-corrected chi connectivity index (χ2v) is 6.20. The zero-order valence-electron chi connectivity index (χ0n) is 12.3. The molecule has 0 bridgehead atoms. The van der Waals surface area contributed by atoms with E-state index in [2.05, 4.69) is 23.3 Å². The number of hydrogen-bond donors (Lipinski definition) is 1. The molecule has 108 valence electrons. The van der Waals surface area contributed by atoms with Crippen LogP contribution in [0.2, 0.25) is 0 Å². The van der Waals surface area contributed by atoms with Gasteiger partial charge in [0, 0.05) is 23.3 Å². The van der Waals surface area contributed by atoms with Gasteiger partial charge in [0.25, 0.3) is 5.91 Å².